The van der Waals surface area contributed by atoms with Gasteiger partial charge in [-0.1, -0.05) is 48.5 Å². The van der Waals surface area contributed by atoms with E-state index in [0.717, 1.165) is 16.9 Å². The van der Waals surface area contributed by atoms with Gasteiger partial charge < -0.3 is 4.42 Å². The minimum absolute atomic E-state index is 0.0446. The van der Waals surface area contributed by atoms with Crippen LogP contribution in [0.1, 0.15) is 11.1 Å². The Bertz CT molecular complexity index is 1250. The first kappa shape index (κ1) is 17.9. The molecule has 2 N–H and O–H groups in total. The molecule has 0 saturated carbocycles. The highest BCUT2D eigenvalue weighted by molar-refractivity contribution is 5.82. The van der Waals surface area contributed by atoms with Gasteiger partial charge in [0, 0.05) is 11.1 Å². The van der Waals surface area contributed by atoms with Gasteiger partial charge in [0.05, 0.1) is 18.2 Å². The molecule has 0 fully saturated rings. The Kier molecular flexibility index (Phi) is 4.99. The van der Waals surface area contributed by atoms with Gasteiger partial charge in [-0.2, -0.15) is 10.4 Å². The first-order valence-electron chi connectivity index (χ1n) is 8.77. The third-order valence-corrected chi connectivity index (χ3v) is 4.15. The molecular formula is C22H15N5O2. The highest BCUT2D eigenvalue weighted by atomic mass is 16.3. The Morgan fingerprint density at radius 1 is 1.07 bits per heavy atom. The van der Waals surface area contributed by atoms with Crippen LogP contribution in [0.3, 0.4) is 0 Å². The maximum atomic E-state index is 12.3. The summed E-state index contributed by atoms with van der Waals surface area (Å²) in [6.45, 7) is 0. The monoisotopic (exact) mass is 381 g/mol. The third kappa shape index (κ3) is 3.96. The number of benzene rings is 2. The number of nitriles is 1. The second-order valence-corrected chi connectivity index (χ2v) is 6.09. The van der Waals surface area contributed by atoms with Gasteiger partial charge in [-0.05, 0) is 23.8 Å². The van der Waals surface area contributed by atoms with Crippen molar-refractivity contribution in [2.45, 2.75) is 0 Å². The van der Waals surface area contributed by atoms with Gasteiger partial charge in [-0.15, -0.1) is 0 Å². The van der Waals surface area contributed by atoms with Crippen LogP contribution in [0.15, 0.2) is 87.3 Å². The molecule has 0 bridgehead atoms. The maximum absolute atomic E-state index is 12.3. The Hall–Kier alpha value is -4.44. The van der Waals surface area contributed by atoms with Crippen molar-refractivity contribution >= 4 is 12.2 Å². The molecule has 2 aromatic heterocycles. The fourth-order valence-electron chi connectivity index (χ4n) is 2.82. The number of aromatic amines is 1. The maximum Gasteiger partial charge on any atom is 0.270 e. The molecule has 0 unspecified atom stereocenters. The number of anilines is 1. The van der Waals surface area contributed by atoms with E-state index in [4.69, 9.17) is 4.42 Å². The summed E-state index contributed by atoms with van der Waals surface area (Å²) in [4.78, 5) is 19.1. The van der Waals surface area contributed by atoms with E-state index in [1.165, 1.54) is 0 Å². The summed E-state index contributed by atoms with van der Waals surface area (Å²) in [5.74, 6) is 0.907. The molecule has 140 valence electrons. The lowest BCUT2D eigenvalue weighted by atomic mass is 10.1. The molecular weight excluding hydrogens is 366 g/mol. The van der Waals surface area contributed by atoms with Crippen LogP contribution in [0.4, 0.5) is 5.95 Å². The van der Waals surface area contributed by atoms with E-state index < -0.39 is 5.56 Å². The van der Waals surface area contributed by atoms with Crippen molar-refractivity contribution in [2.24, 2.45) is 5.10 Å². The molecule has 7 heteroatoms. The Balaban J connectivity index is 1.59. The second-order valence-electron chi connectivity index (χ2n) is 6.09. The largest absolute Gasteiger partial charge is 0.464 e. The molecule has 0 aliphatic rings. The smallest absolute Gasteiger partial charge is 0.270 e. The van der Waals surface area contributed by atoms with Crippen LogP contribution in [0.25, 0.3) is 22.6 Å². The quantitative estimate of drug-likeness (QED) is 0.401. The lowest BCUT2D eigenvalue weighted by Crippen LogP contribution is -2.16. The molecule has 4 rings (SSSR count). The number of aromatic nitrogens is 2. The fourth-order valence-corrected chi connectivity index (χ4v) is 2.82. The molecule has 0 spiro atoms. The van der Waals surface area contributed by atoms with Gasteiger partial charge >= 0.3 is 0 Å². The van der Waals surface area contributed by atoms with Crippen molar-refractivity contribution in [1.29, 1.82) is 5.26 Å². The van der Waals surface area contributed by atoms with Gasteiger partial charge in [0.1, 0.15) is 17.4 Å². The lowest BCUT2D eigenvalue weighted by Gasteiger charge is -2.06. The van der Waals surface area contributed by atoms with Crippen molar-refractivity contribution < 1.29 is 4.42 Å². The van der Waals surface area contributed by atoms with Crippen LogP contribution in [0.5, 0.6) is 0 Å². The second kappa shape index (κ2) is 8.06. The van der Waals surface area contributed by atoms with E-state index in [1.54, 1.807) is 24.6 Å². The fraction of sp³-hybridized carbons (Fsp3) is 0. The molecule has 0 amide bonds. The SMILES string of the molecule is N#Cc1c(-c2ccccc2)nc(NN=Cc2cccc(-c3ccco3)c2)[nH]c1=O. The lowest BCUT2D eigenvalue weighted by molar-refractivity contribution is 0.582. The molecule has 0 radical (unpaired) electrons. The first-order valence-corrected chi connectivity index (χ1v) is 8.77. The molecule has 2 heterocycles. The van der Waals surface area contributed by atoms with E-state index in [1.807, 2.05) is 60.7 Å². The summed E-state index contributed by atoms with van der Waals surface area (Å²) < 4.78 is 5.40. The molecule has 2 aromatic carbocycles. The molecule has 0 aliphatic heterocycles. The van der Waals surface area contributed by atoms with E-state index in [9.17, 15) is 10.1 Å². The minimum Gasteiger partial charge on any atom is -0.464 e. The Labute approximate surface area is 166 Å². The molecule has 0 saturated heterocycles. The number of furan rings is 1. The normalized spacial score (nSPS) is 10.7. The number of hydrazone groups is 1. The highest BCUT2D eigenvalue weighted by Crippen LogP contribution is 2.21. The number of hydrogen-bond donors (Lipinski definition) is 2. The topological polar surface area (TPSA) is 107 Å². The summed E-state index contributed by atoms with van der Waals surface area (Å²) in [5, 5.41) is 13.5. The number of nitrogens with one attached hydrogen (secondary N) is 2. The standard InChI is InChI=1S/C22H15N5O2/c23-13-18-20(16-7-2-1-3-8-16)25-22(26-21(18)28)27-24-14-15-6-4-9-17(12-15)19-10-5-11-29-19/h1-12,14H,(H2,25,26,27,28). The van der Waals surface area contributed by atoms with Crippen LogP contribution in [0.2, 0.25) is 0 Å². The molecule has 4 aromatic rings. The third-order valence-electron chi connectivity index (χ3n) is 4.15. The van der Waals surface area contributed by atoms with Crippen molar-refractivity contribution in [1.82, 2.24) is 9.97 Å². The predicted octanol–water partition coefficient (Wildman–Crippen LogP) is 4.01. The van der Waals surface area contributed by atoms with Gasteiger partial charge in [0.2, 0.25) is 5.95 Å². The number of rotatable bonds is 5. The van der Waals surface area contributed by atoms with Crippen LogP contribution in [-0.2, 0) is 0 Å². The van der Waals surface area contributed by atoms with Crippen LogP contribution >= 0.6 is 0 Å². The molecule has 0 aliphatic carbocycles. The average molecular weight is 381 g/mol. The number of H-pyrrole nitrogens is 1. The zero-order valence-corrected chi connectivity index (χ0v) is 15.2. The van der Waals surface area contributed by atoms with Crippen LogP contribution in [-0.4, -0.2) is 16.2 Å². The molecule has 7 nitrogen and oxygen atoms in total. The van der Waals surface area contributed by atoms with Gasteiger partial charge in [-0.25, -0.2) is 10.4 Å². The molecule has 0 atom stereocenters. The van der Waals surface area contributed by atoms with Gasteiger partial charge in [-0.3, -0.25) is 9.78 Å². The zero-order valence-electron chi connectivity index (χ0n) is 15.2. The summed E-state index contributed by atoms with van der Waals surface area (Å²) >= 11 is 0. The summed E-state index contributed by atoms with van der Waals surface area (Å²) in [7, 11) is 0. The van der Waals surface area contributed by atoms with Gasteiger partial charge in [0.15, 0.2) is 0 Å². The number of hydrogen-bond acceptors (Lipinski definition) is 6. The van der Waals surface area contributed by atoms with Crippen molar-refractivity contribution in [2.75, 3.05) is 5.43 Å². The van der Waals surface area contributed by atoms with Gasteiger partial charge in [0.25, 0.3) is 5.56 Å². The Morgan fingerprint density at radius 2 is 1.90 bits per heavy atom. The predicted molar refractivity (Wildman–Crippen MR) is 110 cm³/mol. The average Bonchev–Trinajstić information content (AvgIpc) is 3.29. The van der Waals surface area contributed by atoms with E-state index >= 15 is 0 Å². The summed E-state index contributed by atoms with van der Waals surface area (Å²) in [6, 6.07) is 22.3. The number of nitrogens with zero attached hydrogens (tertiary/aromatic N) is 3. The zero-order chi connectivity index (χ0) is 20.1. The van der Waals surface area contributed by atoms with Crippen LogP contribution in [0, 0.1) is 11.3 Å². The first-order chi connectivity index (χ1) is 14.2. The summed E-state index contributed by atoms with van der Waals surface area (Å²) in [5.41, 5.74) is 4.89. The summed E-state index contributed by atoms with van der Waals surface area (Å²) in [6.07, 6.45) is 3.22. The Morgan fingerprint density at radius 3 is 2.66 bits per heavy atom. The molecule has 29 heavy (non-hydrogen) atoms. The van der Waals surface area contributed by atoms with Crippen molar-refractivity contribution in [3.63, 3.8) is 0 Å². The van der Waals surface area contributed by atoms with E-state index in [0.29, 0.717) is 11.3 Å². The minimum atomic E-state index is -0.529. The van der Waals surface area contributed by atoms with Crippen molar-refractivity contribution in [3.05, 3.63) is 94.5 Å². The van der Waals surface area contributed by atoms with E-state index in [-0.39, 0.29) is 11.5 Å². The van der Waals surface area contributed by atoms with Crippen LogP contribution < -0.4 is 11.0 Å². The van der Waals surface area contributed by atoms with Crippen molar-refractivity contribution in [3.8, 4) is 28.7 Å². The van der Waals surface area contributed by atoms with E-state index in [2.05, 4.69) is 20.5 Å². The highest BCUT2D eigenvalue weighted by Gasteiger charge is 2.12.